The molecule has 0 saturated carbocycles. The highest BCUT2D eigenvalue weighted by atomic mass is 79.9. The van der Waals surface area contributed by atoms with Gasteiger partial charge in [0.05, 0.1) is 10.5 Å². The monoisotopic (exact) mass is 468 g/mol. The molecule has 142 valence electrons. The molecule has 0 aliphatic carbocycles. The second-order valence-corrected chi connectivity index (χ2v) is 8.04. The van der Waals surface area contributed by atoms with Crippen molar-refractivity contribution in [3.05, 3.63) is 83.9 Å². The maximum absolute atomic E-state index is 12.8. The molecule has 5 rings (SSSR count). The van der Waals surface area contributed by atoms with Gasteiger partial charge in [0.1, 0.15) is 21.6 Å². The normalized spacial score (nSPS) is 12.2. The van der Waals surface area contributed by atoms with E-state index in [1.165, 1.54) is 21.8 Å². The number of nitro groups is 1. The Kier molecular flexibility index (Phi) is 4.03. The molecule has 0 bridgehead atoms. The number of imidazole rings is 1. The van der Waals surface area contributed by atoms with Crippen LogP contribution < -0.4 is 10.1 Å². The van der Waals surface area contributed by atoms with Crippen LogP contribution in [0.25, 0.3) is 33.5 Å². The number of para-hydroxylation sites is 1. The largest absolute Gasteiger partial charge is 0.456 e. The molecule has 0 atom stereocenters. The number of hydrogen-bond donors (Lipinski definition) is 0. The predicted molar refractivity (Wildman–Crippen MR) is 112 cm³/mol. The maximum Gasteiger partial charge on any atom is 0.280 e. The molecule has 0 radical (unpaired) electrons. The van der Waals surface area contributed by atoms with Crippen LogP contribution in [0.3, 0.4) is 0 Å². The summed E-state index contributed by atoms with van der Waals surface area (Å²) in [5.41, 5.74) is 1.21. The summed E-state index contributed by atoms with van der Waals surface area (Å²) in [7, 11) is 0. The fourth-order valence-corrected chi connectivity index (χ4v) is 4.33. The Balaban J connectivity index is 1.62. The van der Waals surface area contributed by atoms with Gasteiger partial charge in [-0.3, -0.25) is 14.9 Å². The van der Waals surface area contributed by atoms with Crippen LogP contribution in [0.1, 0.15) is 5.76 Å². The Morgan fingerprint density at radius 3 is 2.90 bits per heavy atom. The zero-order valence-corrected chi connectivity index (χ0v) is 16.8. The topological polar surface area (TPSA) is 104 Å². The second-order valence-electron chi connectivity index (χ2n) is 6.12. The fourth-order valence-electron chi connectivity index (χ4n) is 3.06. The van der Waals surface area contributed by atoms with Crippen LogP contribution in [0.15, 0.2) is 62.3 Å². The molecular formula is C19H9BrN4O4S. The number of thiazole rings is 1. The molecule has 0 unspecified atom stereocenters. The summed E-state index contributed by atoms with van der Waals surface area (Å²) in [4.78, 5) is 32.9. The molecule has 0 spiro atoms. The third-order valence-corrected chi connectivity index (χ3v) is 5.72. The smallest absolute Gasteiger partial charge is 0.280 e. The van der Waals surface area contributed by atoms with Crippen LogP contribution in [0, 0.1) is 10.1 Å². The van der Waals surface area contributed by atoms with E-state index in [1.54, 1.807) is 48.7 Å². The quantitative estimate of drug-likeness (QED) is 0.294. The van der Waals surface area contributed by atoms with E-state index in [2.05, 4.69) is 25.9 Å². The summed E-state index contributed by atoms with van der Waals surface area (Å²) in [6.07, 6.45) is 3.22. The summed E-state index contributed by atoms with van der Waals surface area (Å²) in [5, 5.41) is 11.2. The van der Waals surface area contributed by atoms with Crippen LogP contribution in [-0.2, 0) is 0 Å². The highest BCUT2D eigenvalue weighted by Crippen LogP contribution is 2.31. The number of aromatic nitrogens is 3. The van der Waals surface area contributed by atoms with E-state index in [9.17, 15) is 14.9 Å². The second kappa shape index (κ2) is 6.61. The molecular weight excluding hydrogens is 460 g/mol. The van der Waals surface area contributed by atoms with E-state index < -0.39 is 4.92 Å². The molecule has 4 aromatic heterocycles. The number of fused-ring (bicyclic) bond motifs is 3. The maximum atomic E-state index is 12.8. The van der Waals surface area contributed by atoms with Gasteiger partial charge in [-0.25, -0.2) is 14.4 Å². The van der Waals surface area contributed by atoms with Crippen molar-refractivity contribution in [2.45, 2.75) is 0 Å². The first-order valence-electron chi connectivity index (χ1n) is 8.33. The van der Waals surface area contributed by atoms with Gasteiger partial charge in [0.15, 0.2) is 10.6 Å². The van der Waals surface area contributed by atoms with Gasteiger partial charge in [-0.05, 0) is 40.2 Å². The highest BCUT2D eigenvalue weighted by Gasteiger charge is 2.17. The van der Waals surface area contributed by atoms with Crippen molar-refractivity contribution in [3.8, 4) is 11.3 Å². The summed E-state index contributed by atoms with van der Waals surface area (Å²) in [6.45, 7) is 0. The average Bonchev–Trinajstić information content (AvgIpc) is 3.37. The zero-order chi connectivity index (χ0) is 20.1. The van der Waals surface area contributed by atoms with E-state index in [0.29, 0.717) is 37.7 Å². The summed E-state index contributed by atoms with van der Waals surface area (Å²) >= 11 is 4.57. The Labute approximate surface area is 174 Å². The molecule has 29 heavy (non-hydrogen) atoms. The molecule has 0 N–H and O–H groups in total. The number of nitrogens with zero attached hydrogens (tertiary/aromatic N) is 4. The number of rotatable bonds is 3. The summed E-state index contributed by atoms with van der Waals surface area (Å²) < 4.78 is 8.43. The van der Waals surface area contributed by atoms with Crippen molar-refractivity contribution >= 4 is 55.2 Å². The molecule has 0 fully saturated rings. The molecule has 0 amide bonds. The third-order valence-electron chi connectivity index (χ3n) is 4.31. The highest BCUT2D eigenvalue weighted by molar-refractivity contribution is 9.10. The molecule has 0 aliphatic heterocycles. The van der Waals surface area contributed by atoms with Gasteiger partial charge in [-0.1, -0.05) is 23.5 Å². The minimum Gasteiger partial charge on any atom is -0.456 e. The standard InChI is InChI=1S/C19H9BrN4O4S/c20-10-7-13-17(21-9-10)23-18(25)16(29-19(23)22-13)8-11-5-6-15(28-11)12-3-1-2-4-14(12)24(26)27/h1-9H/b16-8-. The number of halogens is 1. The van der Waals surface area contributed by atoms with Crippen LogP contribution >= 0.6 is 27.3 Å². The molecule has 1 aromatic carbocycles. The number of nitro benzene ring substituents is 1. The molecule has 10 heteroatoms. The van der Waals surface area contributed by atoms with Gasteiger partial charge in [0, 0.05) is 22.8 Å². The fraction of sp³-hybridized carbons (Fsp3) is 0. The predicted octanol–water partition coefficient (Wildman–Crippen LogP) is 3.78. The molecule has 0 saturated heterocycles. The van der Waals surface area contributed by atoms with Crippen LogP contribution in [0.2, 0.25) is 0 Å². The van der Waals surface area contributed by atoms with Gasteiger partial charge in [-0.2, -0.15) is 0 Å². The SMILES string of the molecule is O=c1/c(=C/c2ccc(-c3ccccc3[N+](=O)[O-])o2)sc2nc3cc(Br)cnc3n12. The van der Waals surface area contributed by atoms with Gasteiger partial charge >= 0.3 is 0 Å². The number of benzene rings is 1. The van der Waals surface area contributed by atoms with Crippen molar-refractivity contribution in [2.24, 2.45) is 0 Å². The van der Waals surface area contributed by atoms with Crippen molar-refractivity contribution in [2.75, 3.05) is 0 Å². The van der Waals surface area contributed by atoms with Crippen LogP contribution in [0.5, 0.6) is 0 Å². The molecule has 4 heterocycles. The van der Waals surface area contributed by atoms with Gasteiger partial charge < -0.3 is 4.42 Å². The zero-order valence-electron chi connectivity index (χ0n) is 14.4. The summed E-state index contributed by atoms with van der Waals surface area (Å²) in [6, 6.07) is 11.5. The van der Waals surface area contributed by atoms with Crippen molar-refractivity contribution in [3.63, 3.8) is 0 Å². The lowest BCUT2D eigenvalue weighted by atomic mass is 10.1. The lowest BCUT2D eigenvalue weighted by Gasteiger charge is -1.98. The minimum atomic E-state index is -0.457. The Bertz CT molecular complexity index is 1540. The van der Waals surface area contributed by atoms with Crippen LogP contribution in [0.4, 0.5) is 5.69 Å². The number of hydrogen-bond acceptors (Lipinski definition) is 7. The first-order valence-corrected chi connectivity index (χ1v) is 9.94. The Hall–Kier alpha value is -3.37. The lowest BCUT2D eigenvalue weighted by molar-refractivity contribution is -0.384. The molecule has 0 aliphatic rings. The van der Waals surface area contributed by atoms with Crippen LogP contribution in [-0.4, -0.2) is 19.3 Å². The van der Waals surface area contributed by atoms with Gasteiger partial charge in [0.25, 0.3) is 11.2 Å². The molecule has 5 aromatic rings. The van der Waals surface area contributed by atoms with Gasteiger partial charge in [-0.15, -0.1) is 0 Å². The van der Waals surface area contributed by atoms with E-state index in [0.717, 1.165) is 4.47 Å². The van der Waals surface area contributed by atoms with Gasteiger partial charge in [0.2, 0.25) is 0 Å². The van der Waals surface area contributed by atoms with E-state index in [-0.39, 0.29) is 11.2 Å². The summed E-state index contributed by atoms with van der Waals surface area (Å²) in [5.74, 6) is 0.772. The first kappa shape index (κ1) is 17.7. The Morgan fingerprint density at radius 1 is 1.24 bits per heavy atom. The van der Waals surface area contributed by atoms with E-state index in [4.69, 9.17) is 4.42 Å². The first-order chi connectivity index (χ1) is 14.0. The average molecular weight is 469 g/mol. The number of furan rings is 1. The minimum absolute atomic E-state index is 0.0452. The van der Waals surface area contributed by atoms with E-state index >= 15 is 0 Å². The number of pyridine rings is 1. The van der Waals surface area contributed by atoms with Crippen molar-refractivity contribution < 1.29 is 9.34 Å². The lowest BCUT2D eigenvalue weighted by Crippen LogP contribution is -2.22. The van der Waals surface area contributed by atoms with Crippen molar-refractivity contribution in [1.29, 1.82) is 0 Å². The van der Waals surface area contributed by atoms with Crippen molar-refractivity contribution in [1.82, 2.24) is 14.4 Å². The third kappa shape index (κ3) is 2.93. The molecule has 8 nitrogen and oxygen atoms in total. The Morgan fingerprint density at radius 2 is 2.07 bits per heavy atom. The van der Waals surface area contributed by atoms with E-state index in [1.807, 2.05) is 0 Å².